The van der Waals surface area contributed by atoms with E-state index < -0.39 is 0 Å². The standard InChI is InChI=1S/C19H16N2O3/c1-24-18-11-15(10-16(12-22)19(18)23)3-2-14-4-6-17(7-5-14)21-9-8-20-13-21/h2-13,23H,1H3/b3-2+. The van der Waals surface area contributed by atoms with Crippen LogP contribution in [-0.2, 0) is 0 Å². The molecule has 0 aliphatic rings. The van der Waals surface area contributed by atoms with Crippen LogP contribution < -0.4 is 4.74 Å². The van der Waals surface area contributed by atoms with Gasteiger partial charge in [-0.2, -0.15) is 0 Å². The van der Waals surface area contributed by atoms with Crippen molar-refractivity contribution in [1.29, 1.82) is 0 Å². The minimum atomic E-state index is -0.144. The quantitative estimate of drug-likeness (QED) is 0.576. The van der Waals surface area contributed by atoms with E-state index in [1.165, 1.54) is 7.11 Å². The lowest BCUT2D eigenvalue weighted by Crippen LogP contribution is -1.90. The molecule has 2 aromatic carbocycles. The molecule has 0 aliphatic carbocycles. The van der Waals surface area contributed by atoms with E-state index in [4.69, 9.17) is 4.74 Å². The van der Waals surface area contributed by atoms with Gasteiger partial charge >= 0.3 is 0 Å². The summed E-state index contributed by atoms with van der Waals surface area (Å²) in [5.41, 5.74) is 3.01. The number of ether oxygens (including phenoxy) is 1. The third kappa shape index (κ3) is 3.20. The second kappa shape index (κ2) is 6.83. The first-order valence-electron chi connectivity index (χ1n) is 7.34. The van der Waals surface area contributed by atoms with Gasteiger partial charge in [-0.1, -0.05) is 24.3 Å². The highest BCUT2D eigenvalue weighted by Crippen LogP contribution is 2.31. The predicted molar refractivity (Wildman–Crippen MR) is 92.5 cm³/mol. The summed E-state index contributed by atoms with van der Waals surface area (Å²) in [5.74, 6) is 0.129. The summed E-state index contributed by atoms with van der Waals surface area (Å²) < 4.78 is 7.01. The minimum absolute atomic E-state index is 0.144. The average molecular weight is 320 g/mol. The molecule has 0 aliphatic heterocycles. The van der Waals surface area contributed by atoms with Crippen LogP contribution in [0, 0.1) is 0 Å². The van der Waals surface area contributed by atoms with Crippen LogP contribution in [0.25, 0.3) is 17.8 Å². The molecule has 5 heteroatoms. The average Bonchev–Trinajstić information content (AvgIpc) is 3.16. The van der Waals surface area contributed by atoms with Gasteiger partial charge in [0.15, 0.2) is 17.8 Å². The second-order valence-corrected chi connectivity index (χ2v) is 5.17. The summed E-state index contributed by atoms with van der Waals surface area (Å²) in [7, 11) is 1.45. The van der Waals surface area contributed by atoms with Gasteiger partial charge in [0.25, 0.3) is 0 Å². The highest BCUT2D eigenvalue weighted by atomic mass is 16.5. The van der Waals surface area contributed by atoms with Gasteiger partial charge in [-0.15, -0.1) is 0 Å². The van der Waals surface area contributed by atoms with Crippen LogP contribution in [-0.4, -0.2) is 28.1 Å². The molecule has 3 rings (SSSR count). The van der Waals surface area contributed by atoms with Crippen molar-refractivity contribution in [2.24, 2.45) is 0 Å². The molecule has 0 atom stereocenters. The molecule has 0 amide bonds. The van der Waals surface area contributed by atoms with Gasteiger partial charge in [0, 0.05) is 18.1 Å². The van der Waals surface area contributed by atoms with Crippen molar-refractivity contribution in [3.05, 3.63) is 71.8 Å². The fourth-order valence-electron chi connectivity index (χ4n) is 2.36. The van der Waals surface area contributed by atoms with Gasteiger partial charge in [0.05, 0.1) is 19.0 Å². The van der Waals surface area contributed by atoms with Crippen LogP contribution in [0.2, 0.25) is 0 Å². The van der Waals surface area contributed by atoms with Gasteiger partial charge in [0.1, 0.15) is 0 Å². The molecule has 0 spiro atoms. The maximum atomic E-state index is 11.0. The number of aromatic hydroxyl groups is 1. The van der Waals surface area contributed by atoms with Gasteiger partial charge < -0.3 is 14.4 Å². The summed E-state index contributed by atoms with van der Waals surface area (Å²) in [6.45, 7) is 0. The van der Waals surface area contributed by atoms with Crippen LogP contribution in [0.15, 0.2) is 55.1 Å². The third-order valence-corrected chi connectivity index (χ3v) is 3.64. The van der Waals surface area contributed by atoms with Crippen molar-refractivity contribution in [2.45, 2.75) is 0 Å². The number of imidazole rings is 1. The van der Waals surface area contributed by atoms with Crippen molar-refractivity contribution in [1.82, 2.24) is 9.55 Å². The van der Waals surface area contributed by atoms with Crippen molar-refractivity contribution < 1.29 is 14.6 Å². The van der Waals surface area contributed by atoms with Gasteiger partial charge in [-0.25, -0.2) is 4.98 Å². The van der Waals surface area contributed by atoms with E-state index in [2.05, 4.69) is 4.98 Å². The summed E-state index contributed by atoms with van der Waals surface area (Å²) in [6, 6.07) is 11.3. The first kappa shape index (κ1) is 15.6. The number of hydrogen-bond acceptors (Lipinski definition) is 4. The van der Waals surface area contributed by atoms with Crippen molar-refractivity contribution in [3.63, 3.8) is 0 Å². The van der Waals surface area contributed by atoms with E-state index in [1.807, 2.05) is 47.2 Å². The van der Waals surface area contributed by atoms with Crippen LogP contribution in [0.5, 0.6) is 11.5 Å². The maximum absolute atomic E-state index is 11.0. The molecular weight excluding hydrogens is 304 g/mol. The smallest absolute Gasteiger partial charge is 0.168 e. The molecular formula is C19H16N2O3. The number of phenolic OH excluding ortho intramolecular Hbond substituents is 1. The lowest BCUT2D eigenvalue weighted by atomic mass is 10.1. The van der Waals surface area contributed by atoms with E-state index in [0.717, 1.165) is 16.8 Å². The second-order valence-electron chi connectivity index (χ2n) is 5.17. The maximum Gasteiger partial charge on any atom is 0.168 e. The molecule has 3 aromatic rings. The van der Waals surface area contributed by atoms with Crippen LogP contribution in [0.4, 0.5) is 0 Å². The Bertz CT molecular complexity index is 866. The van der Waals surface area contributed by atoms with Crippen LogP contribution in [0.3, 0.4) is 0 Å². The predicted octanol–water partition coefficient (Wildman–Crippen LogP) is 3.57. The molecule has 0 unspecified atom stereocenters. The van der Waals surface area contributed by atoms with E-state index >= 15 is 0 Å². The number of carbonyl (C=O) groups excluding carboxylic acids is 1. The zero-order valence-electron chi connectivity index (χ0n) is 13.1. The number of methoxy groups -OCH3 is 1. The van der Waals surface area contributed by atoms with Gasteiger partial charge in [-0.3, -0.25) is 4.79 Å². The summed E-state index contributed by atoms with van der Waals surface area (Å²) >= 11 is 0. The molecule has 1 heterocycles. The Morgan fingerprint density at radius 2 is 1.88 bits per heavy atom. The van der Waals surface area contributed by atoms with Crippen molar-refractivity contribution >= 4 is 18.4 Å². The highest BCUT2D eigenvalue weighted by Gasteiger charge is 2.08. The number of phenols is 1. The molecule has 0 radical (unpaired) electrons. The summed E-state index contributed by atoms with van der Waals surface area (Å²) in [5, 5.41) is 9.83. The zero-order chi connectivity index (χ0) is 16.9. The minimum Gasteiger partial charge on any atom is -0.504 e. The largest absolute Gasteiger partial charge is 0.504 e. The number of aromatic nitrogens is 2. The Kier molecular flexibility index (Phi) is 4.43. The molecule has 0 saturated carbocycles. The number of carbonyl (C=O) groups is 1. The van der Waals surface area contributed by atoms with E-state index in [1.54, 1.807) is 24.7 Å². The Morgan fingerprint density at radius 3 is 2.50 bits per heavy atom. The number of benzene rings is 2. The number of hydrogen-bond donors (Lipinski definition) is 1. The van der Waals surface area contributed by atoms with Crippen molar-refractivity contribution in [3.8, 4) is 17.2 Å². The molecule has 1 aromatic heterocycles. The topological polar surface area (TPSA) is 64.4 Å². The molecule has 1 N–H and O–H groups in total. The van der Waals surface area contributed by atoms with Gasteiger partial charge in [-0.05, 0) is 35.4 Å². The Labute approximate surface area is 139 Å². The number of aldehydes is 1. The fraction of sp³-hybridized carbons (Fsp3) is 0.0526. The Morgan fingerprint density at radius 1 is 1.12 bits per heavy atom. The third-order valence-electron chi connectivity index (χ3n) is 3.64. The Balaban J connectivity index is 1.84. The first-order valence-corrected chi connectivity index (χ1v) is 7.34. The lowest BCUT2D eigenvalue weighted by Gasteiger charge is -2.07. The highest BCUT2D eigenvalue weighted by molar-refractivity contribution is 5.84. The molecule has 0 saturated heterocycles. The van der Waals surface area contributed by atoms with E-state index in [0.29, 0.717) is 6.29 Å². The van der Waals surface area contributed by atoms with E-state index in [-0.39, 0.29) is 17.1 Å². The summed E-state index contributed by atoms with van der Waals surface area (Å²) in [4.78, 5) is 15.0. The lowest BCUT2D eigenvalue weighted by molar-refractivity contribution is 0.112. The molecule has 120 valence electrons. The zero-order valence-corrected chi connectivity index (χ0v) is 13.1. The molecule has 24 heavy (non-hydrogen) atoms. The van der Waals surface area contributed by atoms with E-state index in [9.17, 15) is 9.90 Å². The first-order chi connectivity index (χ1) is 11.7. The summed E-state index contributed by atoms with van der Waals surface area (Å²) in [6.07, 6.45) is 9.76. The molecule has 5 nitrogen and oxygen atoms in total. The number of rotatable bonds is 5. The van der Waals surface area contributed by atoms with Crippen LogP contribution in [0.1, 0.15) is 21.5 Å². The SMILES string of the molecule is COc1cc(/C=C/c2ccc(-n3ccnc3)cc2)cc(C=O)c1O. The van der Waals surface area contributed by atoms with Crippen LogP contribution >= 0.6 is 0 Å². The molecule has 0 fully saturated rings. The monoisotopic (exact) mass is 320 g/mol. The molecule has 0 bridgehead atoms. The fourth-order valence-corrected chi connectivity index (χ4v) is 2.36. The van der Waals surface area contributed by atoms with Crippen molar-refractivity contribution in [2.75, 3.05) is 7.11 Å². The normalized spacial score (nSPS) is 10.9. The Hall–Kier alpha value is -3.34. The number of nitrogens with zero attached hydrogens (tertiary/aromatic N) is 2. The van der Waals surface area contributed by atoms with Gasteiger partial charge in [0.2, 0.25) is 0 Å².